The van der Waals surface area contributed by atoms with Gasteiger partial charge in [0.15, 0.2) is 5.78 Å². The quantitative estimate of drug-likeness (QED) is 0.347. The van der Waals surface area contributed by atoms with Crippen LogP contribution < -0.4 is 16.4 Å². The van der Waals surface area contributed by atoms with E-state index in [-0.39, 0.29) is 18.0 Å². The summed E-state index contributed by atoms with van der Waals surface area (Å²) in [6, 6.07) is 17.1. The van der Waals surface area contributed by atoms with Gasteiger partial charge in [-0.05, 0) is 36.4 Å². The summed E-state index contributed by atoms with van der Waals surface area (Å²) in [6.07, 6.45) is -0.379. The third-order valence-electron chi connectivity index (χ3n) is 3.82. The number of carbonyl (C=O) groups excluding carboxylic acids is 3. The Labute approximate surface area is 161 Å². The molecule has 0 aliphatic heterocycles. The molecule has 0 radical (unpaired) electrons. The van der Waals surface area contributed by atoms with Crippen molar-refractivity contribution in [1.82, 2.24) is 9.78 Å². The molecule has 0 unspecified atom stereocenters. The Bertz CT molecular complexity index is 1010. The van der Waals surface area contributed by atoms with E-state index >= 15 is 0 Å². The minimum Gasteiger partial charge on any atom is -0.399 e. The fourth-order valence-electron chi connectivity index (χ4n) is 2.56. The lowest BCUT2D eigenvalue weighted by Gasteiger charge is -2.06. The number of para-hydroxylation sites is 1. The van der Waals surface area contributed by atoms with Crippen LogP contribution in [0.2, 0.25) is 0 Å². The number of nitrogen functional groups attached to an aromatic ring is 1. The Kier molecular flexibility index (Phi) is 5.50. The van der Waals surface area contributed by atoms with Gasteiger partial charge in [-0.15, -0.1) is 0 Å². The van der Waals surface area contributed by atoms with Crippen molar-refractivity contribution in [2.45, 2.75) is 13.3 Å². The topological polar surface area (TPSA) is 119 Å². The molecule has 0 bridgehead atoms. The van der Waals surface area contributed by atoms with Crippen LogP contribution in [0.4, 0.5) is 17.2 Å². The van der Waals surface area contributed by atoms with Gasteiger partial charge in [-0.3, -0.25) is 14.4 Å². The standard InChI is InChI=1S/C20H19N5O3/c1-13(26)22-19-11-17(24-25(19)16-5-3-2-4-6-16)18(27)12-20(28)23-15-9-7-14(21)8-10-15/h2-11H,12,21H2,1H3,(H,22,26)(H,23,28). The fourth-order valence-corrected chi connectivity index (χ4v) is 2.56. The van der Waals surface area contributed by atoms with Crippen LogP contribution in [0.5, 0.6) is 0 Å². The first-order valence-electron chi connectivity index (χ1n) is 8.54. The number of carbonyl (C=O) groups is 3. The maximum absolute atomic E-state index is 12.5. The van der Waals surface area contributed by atoms with Gasteiger partial charge >= 0.3 is 0 Å². The highest BCUT2D eigenvalue weighted by Gasteiger charge is 2.19. The maximum atomic E-state index is 12.5. The van der Waals surface area contributed by atoms with E-state index in [4.69, 9.17) is 5.73 Å². The zero-order chi connectivity index (χ0) is 20.1. The van der Waals surface area contributed by atoms with E-state index < -0.39 is 11.7 Å². The lowest BCUT2D eigenvalue weighted by atomic mass is 10.2. The normalized spacial score (nSPS) is 10.3. The third kappa shape index (κ3) is 4.61. The van der Waals surface area contributed by atoms with Crippen molar-refractivity contribution >= 4 is 34.8 Å². The summed E-state index contributed by atoms with van der Waals surface area (Å²) < 4.78 is 1.45. The molecule has 8 nitrogen and oxygen atoms in total. The highest BCUT2D eigenvalue weighted by Crippen LogP contribution is 2.19. The number of anilines is 3. The van der Waals surface area contributed by atoms with Crippen LogP contribution in [0.15, 0.2) is 60.7 Å². The van der Waals surface area contributed by atoms with Crippen LogP contribution in [0.25, 0.3) is 5.69 Å². The number of hydrogen-bond donors (Lipinski definition) is 3. The molecule has 2 amide bonds. The Morgan fingerprint density at radius 3 is 2.32 bits per heavy atom. The predicted octanol–water partition coefficient (Wildman–Crippen LogP) is 2.62. The molecule has 1 aromatic heterocycles. The van der Waals surface area contributed by atoms with E-state index in [0.29, 0.717) is 22.9 Å². The van der Waals surface area contributed by atoms with Crippen LogP contribution in [-0.4, -0.2) is 27.4 Å². The summed E-state index contributed by atoms with van der Waals surface area (Å²) in [5, 5.41) is 9.54. The highest BCUT2D eigenvalue weighted by molar-refractivity contribution is 6.10. The summed E-state index contributed by atoms with van der Waals surface area (Å²) in [5.41, 5.74) is 7.48. The van der Waals surface area contributed by atoms with Gasteiger partial charge in [0.05, 0.1) is 12.1 Å². The van der Waals surface area contributed by atoms with Crippen molar-refractivity contribution in [3.63, 3.8) is 0 Å². The summed E-state index contributed by atoms with van der Waals surface area (Å²) >= 11 is 0. The molecule has 4 N–H and O–H groups in total. The van der Waals surface area contributed by atoms with E-state index in [0.717, 1.165) is 0 Å². The first-order valence-corrected chi connectivity index (χ1v) is 8.54. The molecule has 0 saturated heterocycles. The van der Waals surface area contributed by atoms with E-state index in [9.17, 15) is 14.4 Å². The van der Waals surface area contributed by atoms with Crippen molar-refractivity contribution in [1.29, 1.82) is 0 Å². The maximum Gasteiger partial charge on any atom is 0.232 e. The number of Topliss-reactive ketones (excluding diaryl/α,β-unsaturated/α-hetero) is 1. The van der Waals surface area contributed by atoms with Crippen LogP contribution in [0, 0.1) is 0 Å². The van der Waals surface area contributed by atoms with Gasteiger partial charge in [0.1, 0.15) is 11.5 Å². The minimum atomic E-state index is -0.467. The van der Waals surface area contributed by atoms with E-state index in [1.54, 1.807) is 36.4 Å². The molecule has 8 heteroatoms. The summed E-state index contributed by atoms with van der Waals surface area (Å²) in [5.74, 6) is -0.877. The third-order valence-corrected chi connectivity index (χ3v) is 3.82. The predicted molar refractivity (Wildman–Crippen MR) is 106 cm³/mol. The second kappa shape index (κ2) is 8.17. The first kappa shape index (κ1) is 18.8. The number of nitrogens with one attached hydrogen (secondary N) is 2. The van der Waals surface area contributed by atoms with E-state index in [1.807, 2.05) is 18.2 Å². The van der Waals surface area contributed by atoms with Crippen molar-refractivity contribution < 1.29 is 14.4 Å². The number of hydrogen-bond acceptors (Lipinski definition) is 5. The van der Waals surface area contributed by atoms with E-state index in [1.165, 1.54) is 17.7 Å². The SMILES string of the molecule is CC(=O)Nc1cc(C(=O)CC(=O)Nc2ccc(N)cc2)nn1-c1ccccc1. The molecule has 0 spiro atoms. The zero-order valence-electron chi connectivity index (χ0n) is 15.2. The largest absolute Gasteiger partial charge is 0.399 e. The lowest BCUT2D eigenvalue weighted by Crippen LogP contribution is -2.17. The molecule has 142 valence electrons. The summed E-state index contributed by atoms with van der Waals surface area (Å²) in [4.78, 5) is 36.1. The van der Waals surface area contributed by atoms with Gasteiger partial charge in [0.25, 0.3) is 0 Å². The van der Waals surface area contributed by atoms with Crippen LogP contribution in [0.3, 0.4) is 0 Å². The molecular formula is C20H19N5O3. The second-order valence-corrected chi connectivity index (χ2v) is 6.11. The number of nitrogens with two attached hydrogens (primary N) is 1. The van der Waals surface area contributed by atoms with Crippen LogP contribution in [0.1, 0.15) is 23.8 Å². The molecule has 0 aliphatic carbocycles. The van der Waals surface area contributed by atoms with Gasteiger partial charge in [0, 0.05) is 24.4 Å². The number of benzene rings is 2. The number of rotatable bonds is 6. The first-order chi connectivity index (χ1) is 13.4. The molecular weight excluding hydrogens is 358 g/mol. The number of nitrogens with zero attached hydrogens (tertiary/aromatic N) is 2. The van der Waals surface area contributed by atoms with Gasteiger partial charge in [-0.25, -0.2) is 4.68 Å². The minimum absolute atomic E-state index is 0.0834. The number of aromatic nitrogens is 2. The van der Waals surface area contributed by atoms with Gasteiger partial charge in [-0.2, -0.15) is 5.10 Å². The molecule has 28 heavy (non-hydrogen) atoms. The van der Waals surface area contributed by atoms with Crippen LogP contribution in [-0.2, 0) is 9.59 Å². The second-order valence-electron chi connectivity index (χ2n) is 6.11. The number of ketones is 1. The molecule has 3 rings (SSSR count). The average Bonchev–Trinajstić information content (AvgIpc) is 3.07. The average molecular weight is 377 g/mol. The lowest BCUT2D eigenvalue weighted by molar-refractivity contribution is -0.115. The molecule has 3 aromatic rings. The monoisotopic (exact) mass is 377 g/mol. The van der Waals surface area contributed by atoms with Crippen LogP contribution >= 0.6 is 0 Å². The molecule has 0 aliphatic rings. The Hall–Kier alpha value is -3.94. The summed E-state index contributed by atoms with van der Waals surface area (Å²) in [6.45, 7) is 1.36. The molecule has 0 fully saturated rings. The highest BCUT2D eigenvalue weighted by atomic mass is 16.2. The van der Waals surface area contributed by atoms with Gasteiger partial charge in [0.2, 0.25) is 11.8 Å². The van der Waals surface area contributed by atoms with Crippen molar-refractivity contribution in [2.24, 2.45) is 0 Å². The molecule has 1 heterocycles. The smallest absolute Gasteiger partial charge is 0.232 e. The molecule has 0 atom stereocenters. The van der Waals surface area contributed by atoms with Gasteiger partial charge < -0.3 is 16.4 Å². The van der Waals surface area contributed by atoms with Crippen molar-refractivity contribution in [3.05, 3.63) is 66.4 Å². The summed E-state index contributed by atoms with van der Waals surface area (Å²) in [7, 11) is 0. The van der Waals surface area contributed by atoms with E-state index in [2.05, 4.69) is 15.7 Å². The molecule has 0 saturated carbocycles. The Morgan fingerprint density at radius 1 is 1.00 bits per heavy atom. The number of amides is 2. The van der Waals surface area contributed by atoms with Crippen molar-refractivity contribution in [3.8, 4) is 5.69 Å². The van der Waals surface area contributed by atoms with Gasteiger partial charge in [-0.1, -0.05) is 18.2 Å². The zero-order valence-corrected chi connectivity index (χ0v) is 15.2. The van der Waals surface area contributed by atoms with Crippen molar-refractivity contribution in [2.75, 3.05) is 16.4 Å². The Balaban J connectivity index is 1.77. The Morgan fingerprint density at radius 2 is 1.68 bits per heavy atom. The molecule has 2 aromatic carbocycles. The fraction of sp³-hybridized carbons (Fsp3) is 0.100.